The van der Waals surface area contributed by atoms with E-state index in [2.05, 4.69) is 6.92 Å². The van der Waals surface area contributed by atoms with E-state index >= 15 is 0 Å². The third-order valence-electron chi connectivity index (χ3n) is 4.72. The van der Waals surface area contributed by atoms with Crippen LogP contribution >= 0.6 is 0 Å². The molecule has 134 valence electrons. The molecule has 5 nitrogen and oxygen atoms in total. The molecular weight excluding hydrogens is 328 g/mol. The highest BCUT2D eigenvalue weighted by molar-refractivity contribution is 6.15. The fraction of sp³-hybridized carbons (Fsp3) is 0.333. The molecule has 0 atom stereocenters. The molecule has 2 aromatic rings. The highest BCUT2D eigenvalue weighted by atomic mass is 16.7. The number of amides is 1. The van der Waals surface area contributed by atoms with Gasteiger partial charge in [0.05, 0.1) is 12.1 Å². The minimum Gasteiger partial charge on any atom is -0.454 e. The number of hydrazone groups is 1. The maximum Gasteiger partial charge on any atom is 0.247 e. The van der Waals surface area contributed by atoms with E-state index in [-0.39, 0.29) is 12.7 Å². The van der Waals surface area contributed by atoms with Gasteiger partial charge in [0.1, 0.15) is 0 Å². The van der Waals surface area contributed by atoms with Crippen LogP contribution in [0.1, 0.15) is 42.9 Å². The van der Waals surface area contributed by atoms with Crippen LogP contribution in [-0.2, 0) is 11.2 Å². The van der Waals surface area contributed by atoms with Crippen LogP contribution in [0.2, 0.25) is 0 Å². The average molecular weight is 350 g/mol. The van der Waals surface area contributed by atoms with Crippen LogP contribution in [0.15, 0.2) is 47.6 Å². The van der Waals surface area contributed by atoms with Crippen molar-refractivity contribution in [2.24, 2.45) is 5.10 Å². The normalized spacial score (nSPS) is 15.5. The van der Waals surface area contributed by atoms with Crippen molar-refractivity contribution in [1.29, 1.82) is 0 Å². The van der Waals surface area contributed by atoms with Crippen LogP contribution in [0.4, 0.5) is 0 Å². The summed E-state index contributed by atoms with van der Waals surface area (Å²) in [5, 5.41) is 6.40. The van der Waals surface area contributed by atoms with E-state index in [0.717, 1.165) is 41.7 Å². The summed E-state index contributed by atoms with van der Waals surface area (Å²) in [6.07, 6.45) is 3.46. The molecule has 0 saturated heterocycles. The smallest absolute Gasteiger partial charge is 0.247 e. The van der Waals surface area contributed by atoms with Gasteiger partial charge in [-0.25, -0.2) is 5.01 Å². The summed E-state index contributed by atoms with van der Waals surface area (Å²) in [5.74, 6) is 1.43. The number of ether oxygens (including phenoxy) is 2. The fourth-order valence-corrected chi connectivity index (χ4v) is 3.33. The van der Waals surface area contributed by atoms with Gasteiger partial charge in [-0.05, 0) is 24.1 Å². The van der Waals surface area contributed by atoms with Crippen molar-refractivity contribution in [1.82, 2.24) is 5.01 Å². The minimum absolute atomic E-state index is 0.0205. The lowest BCUT2D eigenvalue weighted by atomic mass is 9.95. The Labute approximate surface area is 153 Å². The molecule has 0 radical (unpaired) electrons. The molecule has 0 N–H and O–H groups in total. The summed E-state index contributed by atoms with van der Waals surface area (Å²) < 4.78 is 11.0. The third kappa shape index (κ3) is 3.17. The first-order valence-corrected chi connectivity index (χ1v) is 9.13. The van der Waals surface area contributed by atoms with Crippen molar-refractivity contribution in [3.8, 4) is 11.5 Å². The zero-order chi connectivity index (χ0) is 17.9. The maximum atomic E-state index is 12.8. The minimum atomic E-state index is 0.0205. The highest BCUT2D eigenvalue weighted by Gasteiger charge is 2.27. The van der Waals surface area contributed by atoms with Crippen LogP contribution in [0.25, 0.3) is 0 Å². The summed E-state index contributed by atoms with van der Waals surface area (Å²) >= 11 is 0. The Morgan fingerprint density at radius 2 is 1.85 bits per heavy atom. The van der Waals surface area contributed by atoms with Crippen molar-refractivity contribution in [2.75, 3.05) is 13.3 Å². The van der Waals surface area contributed by atoms with E-state index in [9.17, 15) is 4.79 Å². The number of rotatable bonds is 5. The van der Waals surface area contributed by atoms with Crippen molar-refractivity contribution in [3.05, 3.63) is 59.2 Å². The van der Waals surface area contributed by atoms with E-state index in [1.807, 2.05) is 42.5 Å². The van der Waals surface area contributed by atoms with Gasteiger partial charge < -0.3 is 9.47 Å². The maximum absolute atomic E-state index is 12.8. The second-order valence-corrected chi connectivity index (χ2v) is 6.58. The van der Waals surface area contributed by atoms with E-state index in [1.165, 1.54) is 0 Å². The van der Waals surface area contributed by atoms with Crippen LogP contribution in [-0.4, -0.2) is 30.0 Å². The Morgan fingerprint density at radius 1 is 1.08 bits per heavy atom. The average Bonchev–Trinajstić information content (AvgIpc) is 3.07. The van der Waals surface area contributed by atoms with Crippen LogP contribution in [0.3, 0.4) is 0 Å². The fourth-order valence-electron chi connectivity index (χ4n) is 3.33. The quantitative estimate of drug-likeness (QED) is 0.772. The monoisotopic (exact) mass is 350 g/mol. The predicted octanol–water partition coefficient (Wildman–Crippen LogP) is 3.74. The Kier molecular flexibility index (Phi) is 4.61. The Bertz CT molecular complexity index is 846. The first kappa shape index (κ1) is 16.6. The number of carbonyl (C=O) groups excluding carboxylic acids is 1. The molecule has 5 heteroatoms. The molecule has 2 aliphatic rings. The highest BCUT2D eigenvalue weighted by Crippen LogP contribution is 2.37. The van der Waals surface area contributed by atoms with Gasteiger partial charge in [0.2, 0.25) is 12.7 Å². The molecule has 2 aromatic carbocycles. The lowest BCUT2D eigenvalue weighted by Crippen LogP contribution is -2.28. The third-order valence-corrected chi connectivity index (χ3v) is 4.72. The van der Waals surface area contributed by atoms with Crippen LogP contribution < -0.4 is 9.47 Å². The molecule has 0 aliphatic carbocycles. The SMILES string of the molecule is CCCCCN1N=C(c2ccccc2)c2cc3c(cc2CC1=O)OCO3. The number of hydrogen-bond donors (Lipinski definition) is 0. The van der Waals surface area contributed by atoms with Gasteiger partial charge >= 0.3 is 0 Å². The first-order chi connectivity index (χ1) is 12.8. The first-order valence-electron chi connectivity index (χ1n) is 9.13. The Morgan fingerprint density at radius 3 is 2.62 bits per heavy atom. The Balaban J connectivity index is 1.79. The van der Waals surface area contributed by atoms with E-state index < -0.39 is 0 Å². The number of unbranched alkanes of at least 4 members (excludes halogenated alkanes) is 2. The standard InChI is InChI=1S/C21H22N2O3/c1-2-3-7-10-23-20(24)12-16-11-18-19(26-14-25-18)13-17(16)21(22-23)15-8-5-4-6-9-15/h4-6,8-9,11,13H,2-3,7,10,12,14H2,1H3. The van der Waals surface area contributed by atoms with Crippen LogP contribution in [0, 0.1) is 0 Å². The molecular formula is C21H22N2O3. The van der Waals surface area contributed by atoms with Crippen molar-refractivity contribution in [2.45, 2.75) is 32.6 Å². The zero-order valence-electron chi connectivity index (χ0n) is 14.9. The molecule has 2 heterocycles. The van der Waals surface area contributed by atoms with E-state index in [1.54, 1.807) is 5.01 Å². The molecule has 0 unspecified atom stereocenters. The van der Waals surface area contributed by atoms with Crippen molar-refractivity contribution < 1.29 is 14.3 Å². The van der Waals surface area contributed by atoms with Crippen molar-refractivity contribution >= 4 is 11.6 Å². The lowest BCUT2D eigenvalue weighted by molar-refractivity contribution is -0.130. The van der Waals surface area contributed by atoms with Gasteiger partial charge in [0, 0.05) is 17.7 Å². The summed E-state index contributed by atoms with van der Waals surface area (Å²) in [7, 11) is 0. The molecule has 1 amide bonds. The van der Waals surface area contributed by atoms with Gasteiger partial charge in [-0.3, -0.25) is 4.79 Å². The lowest BCUT2D eigenvalue weighted by Gasteiger charge is -2.16. The topological polar surface area (TPSA) is 51.1 Å². The molecule has 0 spiro atoms. The van der Waals surface area contributed by atoms with E-state index in [4.69, 9.17) is 14.6 Å². The summed E-state index contributed by atoms with van der Waals surface area (Å²) in [6.45, 7) is 3.01. The molecule has 0 bridgehead atoms. The molecule has 0 aromatic heterocycles. The number of hydrogen-bond acceptors (Lipinski definition) is 4. The van der Waals surface area contributed by atoms with E-state index in [0.29, 0.717) is 24.5 Å². The van der Waals surface area contributed by atoms with Gasteiger partial charge in [0.15, 0.2) is 11.5 Å². The Hall–Kier alpha value is -2.82. The summed E-state index contributed by atoms with van der Waals surface area (Å²) in [6, 6.07) is 13.9. The molecule has 0 saturated carbocycles. The second kappa shape index (κ2) is 7.20. The molecule has 26 heavy (non-hydrogen) atoms. The zero-order valence-corrected chi connectivity index (χ0v) is 14.9. The van der Waals surface area contributed by atoms with Crippen LogP contribution in [0.5, 0.6) is 11.5 Å². The van der Waals surface area contributed by atoms with Gasteiger partial charge in [0.25, 0.3) is 0 Å². The van der Waals surface area contributed by atoms with Gasteiger partial charge in [-0.2, -0.15) is 5.10 Å². The second-order valence-electron chi connectivity index (χ2n) is 6.58. The predicted molar refractivity (Wildman–Crippen MR) is 99.6 cm³/mol. The number of nitrogens with zero attached hydrogens (tertiary/aromatic N) is 2. The molecule has 2 aliphatic heterocycles. The molecule has 4 rings (SSSR count). The number of benzene rings is 2. The molecule has 0 fully saturated rings. The summed E-state index contributed by atoms with van der Waals surface area (Å²) in [5.41, 5.74) is 3.66. The summed E-state index contributed by atoms with van der Waals surface area (Å²) in [4.78, 5) is 12.8. The van der Waals surface area contributed by atoms with Gasteiger partial charge in [-0.1, -0.05) is 50.1 Å². The number of fused-ring (bicyclic) bond motifs is 2. The van der Waals surface area contributed by atoms with Crippen molar-refractivity contribution in [3.63, 3.8) is 0 Å². The van der Waals surface area contributed by atoms with Gasteiger partial charge in [-0.15, -0.1) is 0 Å². The number of carbonyl (C=O) groups is 1. The largest absolute Gasteiger partial charge is 0.454 e.